The zero-order chi connectivity index (χ0) is 14.4. The molecule has 1 aliphatic carbocycles. The molecule has 19 heavy (non-hydrogen) atoms. The number of carbonyl (C=O) groups excluding carboxylic acids is 2. The fraction of sp³-hybridized carbons (Fsp3) is 0.727. The molecule has 0 aliphatic heterocycles. The summed E-state index contributed by atoms with van der Waals surface area (Å²) in [7, 11) is 0. The summed E-state index contributed by atoms with van der Waals surface area (Å²) in [6.07, 6.45) is 3.95. The van der Waals surface area contributed by atoms with Crippen molar-refractivity contribution >= 4 is 29.7 Å². The number of carboxylic acids is 1. The highest BCUT2D eigenvalue weighted by Gasteiger charge is 2.37. The summed E-state index contributed by atoms with van der Waals surface area (Å²) in [5, 5.41) is 11.2. The normalized spacial score (nSPS) is 15.6. The second-order valence-electron chi connectivity index (χ2n) is 4.43. The van der Waals surface area contributed by atoms with E-state index in [1.165, 1.54) is 4.90 Å². The predicted octanol–water partition coefficient (Wildman–Crippen LogP) is -0.148. The molecule has 4 N–H and O–H groups in total. The molecule has 7 nitrogen and oxygen atoms in total. The van der Waals surface area contributed by atoms with Crippen LogP contribution in [0.4, 0.5) is 4.79 Å². The van der Waals surface area contributed by atoms with Gasteiger partial charge < -0.3 is 21.1 Å². The van der Waals surface area contributed by atoms with Crippen LogP contribution in [-0.2, 0) is 9.59 Å². The Morgan fingerprint density at radius 1 is 1.47 bits per heavy atom. The summed E-state index contributed by atoms with van der Waals surface area (Å²) in [6, 6.07) is -1.54. The highest BCUT2D eigenvalue weighted by molar-refractivity contribution is 7.98. The van der Waals surface area contributed by atoms with Crippen LogP contribution in [0.2, 0.25) is 0 Å². The molecule has 0 saturated heterocycles. The van der Waals surface area contributed by atoms with E-state index in [0.717, 1.165) is 12.8 Å². The van der Waals surface area contributed by atoms with Gasteiger partial charge in [-0.25, -0.2) is 4.79 Å². The molecule has 3 amide bonds. The minimum Gasteiger partial charge on any atom is -0.480 e. The highest BCUT2D eigenvalue weighted by atomic mass is 32.2. The smallest absolute Gasteiger partial charge is 0.323 e. The number of primary amides is 1. The molecular formula is C11H19N3O4S. The lowest BCUT2D eigenvalue weighted by Gasteiger charge is -2.26. The number of carbonyl (C=O) groups is 3. The van der Waals surface area contributed by atoms with E-state index in [0.29, 0.717) is 12.2 Å². The van der Waals surface area contributed by atoms with Gasteiger partial charge in [-0.05, 0) is 31.3 Å². The van der Waals surface area contributed by atoms with Gasteiger partial charge in [0.05, 0.1) is 0 Å². The monoisotopic (exact) mass is 289 g/mol. The Morgan fingerprint density at radius 3 is 2.53 bits per heavy atom. The third kappa shape index (κ3) is 5.37. The van der Waals surface area contributed by atoms with E-state index in [9.17, 15) is 14.4 Å². The molecule has 0 aromatic carbocycles. The van der Waals surface area contributed by atoms with Crippen molar-refractivity contribution in [3.8, 4) is 0 Å². The van der Waals surface area contributed by atoms with Crippen LogP contribution < -0.4 is 11.1 Å². The summed E-state index contributed by atoms with van der Waals surface area (Å²) in [6.45, 7) is -0.334. The Bertz CT molecular complexity index is 360. The Labute approximate surface area is 115 Å². The molecule has 0 radical (unpaired) electrons. The van der Waals surface area contributed by atoms with Crippen LogP contribution in [0, 0.1) is 0 Å². The first kappa shape index (κ1) is 15.6. The van der Waals surface area contributed by atoms with Gasteiger partial charge in [0, 0.05) is 6.04 Å². The average molecular weight is 289 g/mol. The quantitative estimate of drug-likeness (QED) is 0.575. The van der Waals surface area contributed by atoms with Gasteiger partial charge in [-0.2, -0.15) is 11.8 Å². The fourth-order valence-corrected chi connectivity index (χ4v) is 2.26. The lowest BCUT2D eigenvalue weighted by molar-refractivity contribution is -0.145. The molecule has 1 fully saturated rings. The van der Waals surface area contributed by atoms with Crippen LogP contribution >= 0.6 is 11.8 Å². The molecule has 108 valence electrons. The zero-order valence-electron chi connectivity index (χ0n) is 10.8. The van der Waals surface area contributed by atoms with Crippen molar-refractivity contribution in [1.82, 2.24) is 10.2 Å². The number of amides is 3. The number of nitrogens with zero attached hydrogens (tertiary/aromatic N) is 1. The van der Waals surface area contributed by atoms with Gasteiger partial charge in [-0.3, -0.25) is 9.59 Å². The first-order valence-electron chi connectivity index (χ1n) is 6.03. The molecule has 0 aromatic rings. The van der Waals surface area contributed by atoms with E-state index >= 15 is 0 Å². The summed E-state index contributed by atoms with van der Waals surface area (Å²) in [4.78, 5) is 35.3. The lowest BCUT2D eigenvalue weighted by Crippen LogP contribution is -2.52. The maximum Gasteiger partial charge on any atom is 0.323 e. The fourth-order valence-electron chi connectivity index (χ4n) is 1.78. The SMILES string of the molecule is CSCCC(NC(N)=O)C(=O)N(CC(=O)O)C1CC1. The van der Waals surface area contributed by atoms with Gasteiger partial charge >= 0.3 is 12.0 Å². The lowest BCUT2D eigenvalue weighted by atomic mass is 10.2. The zero-order valence-corrected chi connectivity index (χ0v) is 11.6. The molecule has 0 spiro atoms. The van der Waals surface area contributed by atoms with E-state index in [1.807, 2.05) is 6.26 Å². The minimum atomic E-state index is -1.05. The van der Waals surface area contributed by atoms with Gasteiger partial charge in [-0.1, -0.05) is 0 Å². The molecule has 8 heteroatoms. The molecule has 1 saturated carbocycles. The Morgan fingerprint density at radius 2 is 2.11 bits per heavy atom. The summed E-state index contributed by atoms with van der Waals surface area (Å²) >= 11 is 1.54. The van der Waals surface area contributed by atoms with E-state index in [2.05, 4.69) is 5.32 Å². The number of nitrogens with one attached hydrogen (secondary N) is 1. The number of carboxylic acid groups (broad SMARTS) is 1. The molecule has 0 aromatic heterocycles. The predicted molar refractivity (Wildman–Crippen MR) is 71.9 cm³/mol. The van der Waals surface area contributed by atoms with Gasteiger partial charge in [-0.15, -0.1) is 0 Å². The van der Waals surface area contributed by atoms with Crippen LogP contribution in [0.5, 0.6) is 0 Å². The van der Waals surface area contributed by atoms with Crippen molar-refractivity contribution in [1.29, 1.82) is 0 Å². The van der Waals surface area contributed by atoms with Crippen molar-refractivity contribution in [3.63, 3.8) is 0 Å². The van der Waals surface area contributed by atoms with E-state index in [1.54, 1.807) is 11.8 Å². The third-order valence-corrected chi connectivity index (χ3v) is 3.45. The second kappa shape index (κ2) is 7.22. The van der Waals surface area contributed by atoms with Gasteiger partial charge in [0.15, 0.2) is 0 Å². The molecule has 1 rings (SSSR count). The number of hydrogen-bond acceptors (Lipinski definition) is 4. The Hall–Kier alpha value is -1.44. The number of rotatable bonds is 8. The van der Waals surface area contributed by atoms with Crippen LogP contribution in [0.15, 0.2) is 0 Å². The first-order valence-corrected chi connectivity index (χ1v) is 7.42. The highest BCUT2D eigenvalue weighted by Crippen LogP contribution is 2.27. The van der Waals surface area contributed by atoms with Crippen LogP contribution in [0.1, 0.15) is 19.3 Å². The number of urea groups is 1. The summed E-state index contributed by atoms with van der Waals surface area (Å²) in [5.41, 5.74) is 5.05. The first-order chi connectivity index (χ1) is 8.95. The van der Waals surface area contributed by atoms with Crippen molar-refractivity contribution in [3.05, 3.63) is 0 Å². The molecule has 0 bridgehead atoms. The van der Waals surface area contributed by atoms with E-state index in [4.69, 9.17) is 10.8 Å². The number of thioether (sulfide) groups is 1. The van der Waals surface area contributed by atoms with Gasteiger partial charge in [0.2, 0.25) is 5.91 Å². The van der Waals surface area contributed by atoms with Crippen molar-refractivity contribution in [2.45, 2.75) is 31.3 Å². The van der Waals surface area contributed by atoms with Crippen LogP contribution in [0.25, 0.3) is 0 Å². The van der Waals surface area contributed by atoms with Crippen molar-refractivity contribution in [2.24, 2.45) is 5.73 Å². The average Bonchev–Trinajstić information content (AvgIpc) is 3.14. The van der Waals surface area contributed by atoms with Crippen LogP contribution in [0.3, 0.4) is 0 Å². The second-order valence-corrected chi connectivity index (χ2v) is 5.42. The van der Waals surface area contributed by atoms with Gasteiger partial charge in [0.1, 0.15) is 12.6 Å². The molecule has 1 aliphatic rings. The summed E-state index contributed by atoms with van der Waals surface area (Å²) in [5.74, 6) is -0.733. The van der Waals surface area contributed by atoms with Gasteiger partial charge in [0.25, 0.3) is 0 Å². The molecule has 1 unspecified atom stereocenters. The maximum atomic E-state index is 12.3. The van der Waals surface area contributed by atoms with Crippen molar-refractivity contribution < 1.29 is 19.5 Å². The minimum absolute atomic E-state index is 0.0185. The number of aliphatic carboxylic acids is 1. The Balaban J connectivity index is 2.69. The number of hydrogen-bond donors (Lipinski definition) is 3. The molecule has 0 heterocycles. The maximum absolute atomic E-state index is 12.3. The number of nitrogens with two attached hydrogens (primary N) is 1. The summed E-state index contributed by atoms with van der Waals surface area (Å²) < 4.78 is 0. The largest absolute Gasteiger partial charge is 0.480 e. The van der Waals surface area contributed by atoms with E-state index in [-0.39, 0.29) is 18.5 Å². The topological polar surface area (TPSA) is 113 Å². The van der Waals surface area contributed by atoms with E-state index < -0.39 is 18.0 Å². The standard InChI is InChI=1S/C11H19N3O4S/c1-19-5-4-8(13-11(12)18)10(17)14(6-9(15)16)7-2-3-7/h7-8H,2-6H2,1H3,(H,15,16)(H3,12,13,18). The van der Waals surface area contributed by atoms with Crippen molar-refractivity contribution in [2.75, 3.05) is 18.6 Å². The molecular weight excluding hydrogens is 270 g/mol. The Kier molecular flexibility index (Phi) is 5.94. The van der Waals surface area contributed by atoms with Crippen LogP contribution in [-0.4, -0.2) is 58.6 Å². The molecule has 1 atom stereocenters. The third-order valence-electron chi connectivity index (χ3n) is 2.80.